The number of esters is 1. The molecule has 0 spiro atoms. The van der Waals surface area contributed by atoms with Gasteiger partial charge in [0.2, 0.25) is 11.0 Å². The van der Waals surface area contributed by atoms with Gasteiger partial charge in [-0.05, 0) is 25.1 Å². The van der Waals surface area contributed by atoms with Crippen molar-refractivity contribution in [1.29, 1.82) is 0 Å². The monoisotopic (exact) mass is 441 g/mol. The van der Waals surface area contributed by atoms with E-state index in [1.165, 1.54) is 46.2 Å². The third kappa shape index (κ3) is 5.79. The molecule has 142 valence electrons. The van der Waals surface area contributed by atoms with Crippen LogP contribution >= 0.6 is 46.2 Å². The number of ether oxygens (including phenoxy) is 1. The number of nitrogen functional groups attached to an aromatic ring is 1. The largest absolute Gasteiger partial charge is 0.465 e. The number of nitrogens with zero attached hydrogens (tertiary/aromatic N) is 3. The Bertz CT molecular complexity index is 958. The highest BCUT2D eigenvalue weighted by molar-refractivity contribution is 8.02. The van der Waals surface area contributed by atoms with Gasteiger partial charge in [0.25, 0.3) is 0 Å². The van der Waals surface area contributed by atoms with E-state index in [0.717, 1.165) is 14.6 Å². The molecule has 8 nitrogen and oxygen atoms in total. The van der Waals surface area contributed by atoms with E-state index in [1.807, 2.05) is 12.1 Å². The van der Waals surface area contributed by atoms with Gasteiger partial charge < -0.3 is 15.8 Å². The highest BCUT2D eigenvalue weighted by Crippen LogP contribution is 2.31. The number of nitrogens with two attached hydrogens (primary N) is 1. The van der Waals surface area contributed by atoms with E-state index in [9.17, 15) is 9.59 Å². The number of rotatable bonds is 8. The maximum absolute atomic E-state index is 12.1. The normalized spacial score (nSPS) is 10.9. The minimum Gasteiger partial charge on any atom is -0.465 e. The highest BCUT2D eigenvalue weighted by Gasteiger charge is 2.11. The number of nitrogens with one attached hydrogen (secondary N) is 1. The Morgan fingerprint density at radius 2 is 2.00 bits per heavy atom. The number of carbonyl (C=O) groups is 2. The van der Waals surface area contributed by atoms with Gasteiger partial charge in [-0.2, -0.15) is 0 Å². The number of thiazole rings is 1. The molecule has 27 heavy (non-hydrogen) atoms. The van der Waals surface area contributed by atoms with E-state index in [2.05, 4.69) is 20.5 Å². The van der Waals surface area contributed by atoms with Crippen molar-refractivity contribution in [1.82, 2.24) is 15.2 Å². The van der Waals surface area contributed by atoms with Crippen LogP contribution in [0, 0.1) is 0 Å². The third-order valence-corrected chi connectivity index (χ3v) is 7.04. The van der Waals surface area contributed by atoms with Gasteiger partial charge in [-0.3, -0.25) is 9.59 Å². The van der Waals surface area contributed by atoms with Crippen LogP contribution in [0.3, 0.4) is 0 Å². The lowest BCUT2D eigenvalue weighted by Crippen LogP contribution is -2.13. The maximum atomic E-state index is 12.1. The molecule has 0 saturated carbocycles. The molecule has 0 radical (unpaired) electrons. The van der Waals surface area contributed by atoms with Crippen LogP contribution in [0.5, 0.6) is 0 Å². The Morgan fingerprint density at radius 3 is 2.74 bits per heavy atom. The second-order valence-electron chi connectivity index (χ2n) is 5.00. The van der Waals surface area contributed by atoms with E-state index >= 15 is 0 Å². The quantitative estimate of drug-likeness (QED) is 0.401. The summed E-state index contributed by atoms with van der Waals surface area (Å²) in [6.07, 6.45) is 0. The van der Waals surface area contributed by atoms with E-state index < -0.39 is 0 Å². The first-order chi connectivity index (χ1) is 13.0. The van der Waals surface area contributed by atoms with Crippen LogP contribution in [0.4, 0.5) is 10.8 Å². The molecule has 2 heterocycles. The van der Waals surface area contributed by atoms with Crippen molar-refractivity contribution in [3.63, 3.8) is 0 Å². The molecule has 0 aliphatic rings. The van der Waals surface area contributed by atoms with Crippen molar-refractivity contribution in [2.24, 2.45) is 0 Å². The number of carbonyl (C=O) groups excluding carboxylic acids is 2. The SMILES string of the molecule is CCOC(=O)CSc1nc2ccc(NC(=O)CSc3nnc(N)s3)cc2s1. The lowest BCUT2D eigenvalue weighted by Gasteiger charge is -2.03. The summed E-state index contributed by atoms with van der Waals surface area (Å²) < 4.78 is 7.28. The minimum absolute atomic E-state index is 0.144. The summed E-state index contributed by atoms with van der Waals surface area (Å²) in [5, 5.41) is 10.8. The van der Waals surface area contributed by atoms with Crippen LogP contribution in [0.15, 0.2) is 26.9 Å². The van der Waals surface area contributed by atoms with Crippen molar-refractivity contribution >= 4 is 79.1 Å². The van der Waals surface area contributed by atoms with Gasteiger partial charge in [-0.25, -0.2) is 4.98 Å². The Balaban J connectivity index is 1.57. The first-order valence-electron chi connectivity index (χ1n) is 7.74. The molecule has 0 unspecified atom stereocenters. The number of thioether (sulfide) groups is 2. The van der Waals surface area contributed by atoms with Gasteiger partial charge in [-0.15, -0.1) is 21.5 Å². The molecule has 2 aromatic heterocycles. The molecule has 0 aliphatic heterocycles. The average molecular weight is 442 g/mol. The van der Waals surface area contributed by atoms with Gasteiger partial charge in [0.05, 0.1) is 28.3 Å². The number of hydrogen-bond acceptors (Lipinski definition) is 11. The van der Waals surface area contributed by atoms with Gasteiger partial charge in [0.15, 0.2) is 8.68 Å². The van der Waals surface area contributed by atoms with Crippen molar-refractivity contribution < 1.29 is 14.3 Å². The van der Waals surface area contributed by atoms with Crippen LogP contribution in [0.2, 0.25) is 0 Å². The lowest BCUT2D eigenvalue weighted by atomic mass is 10.3. The number of benzene rings is 1. The van der Waals surface area contributed by atoms with E-state index in [0.29, 0.717) is 21.8 Å². The Hall–Kier alpha value is -1.89. The first-order valence-corrected chi connectivity index (χ1v) is 11.3. The fourth-order valence-electron chi connectivity index (χ4n) is 1.97. The molecule has 0 atom stereocenters. The number of anilines is 2. The second kappa shape index (κ2) is 9.35. The first kappa shape index (κ1) is 19.9. The predicted octanol–water partition coefficient (Wildman–Crippen LogP) is 3.12. The maximum Gasteiger partial charge on any atom is 0.316 e. The molecule has 3 aromatic rings. The Labute approximate surface area is 171 Å². The van der Waals surface area contributed by atoms with E-state index in [-0.39, 0.29) is 23.4 Å². The van der Waals surface area contributed by atoms with Gasteiger partial charge in [0, 0.05) is 5.69 Å². The summed E-state index contributed by atoms with van der Waals surface area (Å²) in [5.74, 6) is 0.0413. The summed E-state index contributed by atoms with van der Waals surface area (Å²) >= 11 is 5.34. The molecule has 0 fully saturated rings. The second-order valence-corrected chi connectivity index (χ2v) is 9.48. The fourth-order valence-corrected chi connectivity index (χ4v) is 5.31. The summed E-state index contributed by atoms with van der Waals surface area (Å²) in [7, 11) is 0. The summed E-state index contributed by atoms with van der Waals surface area (Å²) in [5.41, 5.74) is 7.03. The zero-order valence-corrected chi connectivity index (χ0v) is 17.4. The van der Waals surface area contributed by atoms with Crippen LogP contribution < -0.4 is 11.1 Å². The van der Waals surface area contributed by atoms with Crippen molar-refractivity contribution in [3.8, 4) is 0 Å². The van der Waals surface area contributed by atoms with Gasteiger partial charge in [-0.1, -0.05) is 34.9 Å². The molecular formula is C15H15N5O3S4. The molecule has 3 rings (SSSR count). The molecule has 12 heteroatoms. The zero-order valence-electron chi connectivity index (χ0n) is 14.1. The summed E-state index contributed by atoms with van der Waals surface area (Å²) in [6, 6.07) is 5.51. The highest BCUT2D eigenvalue weighted by atomic mass is 32.2. The molecule has 0 bridgehead atoms. The number of aromatic nitrogens is 3. The molecule has 3 N–H and O–H groups in total. The summed E-state index contributed by atoms with van der Waals surface area (Å²) in [4.78, 5) is 28.0. The third-order valence-electron chi connectivity index (χ3n) is 3.02. The van der Waals surface area contributed by atoms with Crippen LogP contribution in [-0.4, -0.2) is 45.2 Å². The minimum atomic E-state index is -0.260. The van der Waals surface area contributed by atoms with E-state index in [4.69, 9.17) is 10.5 Å². The molecule has 0 saturated heterocycles. The van der Waals surface area contributed by atoms with Crippen LogP contribution in [-0.2, 0) is 14.3 Å². The smallest absolute Gasteiger partial charge is 0.316 e. The predicted molar refractivity (Wildman–Crippen MR) is 111 cm³/mol. The fraction of sp³-hybridized carbons (Fsp3) is 0.267. The zero-order chi connectivity index (χ0) is 19.2. The molecule has 1 amide bonds. The van der Waals surface area contributed by atoms with Gasteiger partial charge >= 0.3 is 5.97 Å². The standard InChI is InChI=1S/C15H15N5O3S4/c1-2-23-12(22)7-25-14-18-9-4-3-8(5-10(9)26-14)17-11(21)6-24-15-20-19-13(16)27-15/h3-5H,2,6-7H2,1H3,(H2,16,19)(H,17,21). The Morgan fingerprint density at radius 1 is 1.19 bits per heavy atom. The molecule has 1 aromatic carbocycles. The number of hydrogen-bond donors (Lipinski definition) is 2. The van der Waals surface area contributed by atoms with Crippen molar-refractivity contribution in [3.05, 3.63) is 18.2 Å². The van der Waals surface area contributed by atoms with Gasteiger partial charge in [0.1, 0.15) is 0 Å². The topological polar surface area (TPSA) is 120 Å². The van der Waals surface area contributed by atoms with E-state index in [1.54, 1.807) is 13.0 Å². The molecule has 0 aliphatic carbocycles. The molecular weight excluding hydrogens is 426 g/mol. The number of amides is 1. The van der Waals surface area contributed by atoms with Crippen LogP contribution in [0.25, 0.3) is 10.2 Å². The lowest BCUT2D eigenvalue weighted by molar-refractivity contribution is -0.139. The average Bonchev–Trinajstić information content (AvgIpc) is 3.23. The summed E-state index contributed by atoms with van der Waals surface area (Å²) in [6.45, 7) is 2.14. The Kier molecular flexibility index (Phi) is 6.88. The van der Waals surface area contributed by atoms with Crippen LogP contribution in [0.1, 0.15) is 6.92 Å². The van der Waals surface area contributed by atoms with Crippen molar-refractivity contribution in [2.45, 2.75) is 15.6 Å². The van der Waals surface area contributed by atoms with Crippen molar-refractivity contribution in [2.75, 3.05) is 29.2 Å². The number of fused-ring (bicyclic) bond motifs is 1.